The van der Waals surface area contributed by atoms with Gasteiger partial charge in [-0.2, -0.15) is 13.2 Å². The van der Waals surface area contributed by atoms with Gasteiger partial charge >= 0.3 is 12.1 Å². The lowest BCUT2D eigenvalue weighted by Gasteiger charge is -2.06. The first kappa shape index (κ1) is 20.1. The zero-order chi connectivity index (χ0) is 21.5. The van der Waals surface area contributed by atoms with Gasteiger partial charge in [0.2, 0.25) is 5.89 Å². The molecule has 0 fully saturated rings. The van der Waals surface area contributed by atoms with Gasteiger partial charge in [-0.05, 0) is 36.8 Å². The van der Waals surface area contributed by atoms with E-state index in [0.717, 1.165) is 22.7 Å². The number of aryl methyl sites for hydroxylation is 1. The molecule has 0 atom stereocenters. The number of benzene rings is 2. The van der Waals surface area contributed by atoms with Crippen molar-refractivity contribution in [1.82, 2.24) is 9.97 Å². The molecule has 0 aliphatic rings. The largest absolute Gasteiger partial charge is 0.481 e. The topological polar surface area (TPSA) is 76.2 Å². The van der Waals surface area contributed by atoms with E-state index in [1.807, 2.05) is 6.92 Å². The van der Waals surface area contributed by atoms with E-state index < -0.39 is 17.7 Å². The van der Waals surface area contributed by atoms with Gasteiger partial charge in [0.1, 0.15) is 10.5 Å². The van der Waals surface area contributed by atoms with Gasteiger partial charge in [-0.15, -0.1) is 11.3 Å². The summed E-state index contributed by atoms with van der Waals surface area (Å²) in [7, 11) is 0. The van der Waals surface area contributed by atoms with Crippen LogP contribution in [-0.4, -0.2) is 21.0 Å². The molecule has 0 spiro atoms. The molecular weight excluding hydrogens is 417 g/mol. The first-order valence-electron chi connectivity index (χ1n) is 8.93. The fraction of sp³-hybridized carbons (Fsp3) is 0.190. The van der Waals surface area contributed by atoms with Crippen LogP contribution in [0.5, 0.6) is 0 Å². The number of hydrogen-bond donors (Lipinski definition) is 1. The Balaban J connectivity index is 1.57. The summed E-state index contributed by atoms with van der Waals surface area (Å²) >= 11 is 1.37. The SMILES string of the molecule is Cc1nc(-c2ccc(C(F)(F)F)cc2)sc1Cc1nc2cc(CC(=O)O)ccc2o1. The van der Waals surface area contributed by atoms with Gasteiger partial charge in [0, 0.05) is 10.4 Å². The smallest absolute Gasteiger partial charge is 0.416 e. The number of aliphatic carboxylic acids is 1. The first-order valence-corrected chi connectivity index (χ1v) is 9.75. The maximum atomic E-state index is 12.7. The lowest BCUT2D eigenvalue weighted by Crippen LogP contribution is -2.03. The zero-order valence-corrected chi connectivity index (χ0v) is 16.5. The van der Waals surface area contributed by atoms with Crippen LogP contribution < -0.4 is 0 Å². The third-order valence-corrected chi connectivity index (χ3v) is 5.72. The normalized spacial score (nSPS) is 11.9. The van der Waals surface area contributed by atoms with Crippen molar-refractivity contribution in [3.05, 3.63) is 70.1 Å². The van der Waals surface area contributed by atoms with Gasteiger partial charge in [0.25, 0.3) is 0 Å². The Bertz CT molecular complexity index is 1230. The number of alkyl halides is 3. The van der Waals surface area contributed by atoms with Crippen molar-refractivity contribution in [1.29, 1.82) is 0 Å². The van der Waals surface area contributed by atoms with E-state index in [1.54, 1.807) is 18.2 Å². The van der Waals surface area contributed by atoms with Crippen molar-refractivity contribution >= 4 is 28.4 Å². The maximum absolute atomic E-state index is 12.7. The molecule has 0 amide bonds. The molecule has 0 aliphatic heterocycles. The Morgan fingerprint density at radius 1 is 1.13 bits per heavy atom. The molecule has 2 aromatic heterocycles. The second kappa shape index (κ2) is 7.56. The molecule has 0 saturated carbocycles. The molecule has 9 heteroatoms. The van der Waals surface area contributed by atoms with Gasteiger partial charge < -0.3 is 9.52 Å². The summed E-state index contributed by atoms with van der Waals surface area (Å²) in [5.74, 6) is -0.461. The minimum Gasteiger partial charge on any atom is -0.481 e. The average molecular weight is 432 g/mol. The summed E-state index contributed by atoms with van der Waals surface area (Å²) in [6.07, 6.45) is -4.09. The first-order chi connectivity index (χ1) is 14.2. The zero-order valence-electron chi connectivity index (χ0n) is 15.7. The average Bonchev–Trinajstić information content (AvgIpc) is 3.23. The molecule has 2 heterocycles. The Labute approximate surface area is 172 Å². The molecular formula is C21H15F3N2O3S. The maximum Gasteiger partial charge on any atom is 0.416 e. The highest BCUT2D eigenvalue weighted by molar-refractivity contribution is 7.15. The van der Waals surface area contributed by atoms with E-state index in [0.29, 0.717) is 39.5 Å². The predicted octanol–water partition coefficient (Wildman–Crippen LogP) is 5.50. The van der Waals surface area contributed by atoms with Crippen molar-refractivity contribution in [3.8, 4) is 10.6 Å². The highest BCUT2D eigenvalue weighted by atomic mass is 32.1. The van der Waals surface area contributed by atoms with E-state index in [2.05, 4.69) is 9.97 Å². The number of halogens is 3. The number of carboxylic acids is 1. The monoisotopic (exact) mass is 432 g/mol. The highest BCUT2D eigenvalue weighted by Gasteiger charge is 2.30. The summed E-state index contributed by atoms with van der Waals surface area (Å²) in [6.45, 7) is 1.83. The fourth-order valence-electron chi connectivity index (χ4n) is 3.04. The number of fused-ring (bicyclic) bond motifs is 1. The molecule has 4 rings (SSSR count). The predicted molar refractivity (Wildman–Crippen MR) is 105 cm³/mol. The molecule has 5 nitrogen and oxygen atoms in total. The number of carbonyl (C=O) groups is 1. The summed E-state index contributed by atoms with van der Waals surface area (Å²) in [6, 6.07) is 9.97. The van der Waals surface area contributed by atoms with Crippen LogP contribution in [-0.2, 0) is 23.8 Å². The Hall–Kier alpha value is -3.20. The molecule has 1 N–H and O–H groups in total. The standard InChI is InChI=1S/C21H15F3N2O3S/c1-11-17(30-20(25-11)13-3-5-14(6-4-13)21(22,23)24)10-18-26-15-8-12(9-19(27)28)2-7-16(15)29-18/h2-8H,9-10H2,1H3,(H,27,28). The molecule has 0 saturated heterocycles. The summed E-state index contributed by atoms with van der Waals surface area (Å²) < 4.78 is 44.0. The quantitative estimate of drug-likeness (QED) is 0.451. The summed E-state index contributed by atoms with van der Waals surface area (Å²) in [5, 5.41) is 9.54. The molecule has 30 heavy (non-hydrogen) atoms. The van der Waals surface area contributed by atoms with Gasteiger partial charge in [-0.1, -0.05) is 18.2 Å². The minimum absolute atomic E-state index is 0.0947. The van der Waals surface area contributed by atoms with Crippen molar-refractivity contribution < 1.29 is 27.5 Å². The van der Waals surface area contributed by atoms with Crippen LogP contribution in [0.2, 0.25) is 0 Å². The number of thiazole rings is 1. The van der Waals surface area contributed by atoms with Crippen molar-refractivity contribution in [2.45, 2.75) is 25.9 Å². The van der Waals surface area contributed by atoms with Crippen molar-refractivity contribution in [3.63, 3.8) is 0 Å². The molecule has 0 unspecified atom stereocenters. The van der Waals surface area contributed by atoms with Crippen LogP contribution in [0, 0.1) is 6.92 Å². The molecule has 2 aromatic carbocycles. The number of oxazole rings is 1. The second-order valence-corrected chi connectivity index (χ2v) is 7.84. The molecule has 0 bridgehead atoms. The number of nitrogens with zero attached hydrogens (tertiary/aromatic N) is 2. The van der Waals surface area contributed by atoms with Crippen molar-refractivity contribution in [2.75, 3.05) is 0 Å². The molecule has 4 aromatic rings. The van der Waals surface area contributed by atoms with E-state index in [1.165, 1.54) is 23.5 Å². The van der Waals surface area contributed by atoms with Gasteiger partial charge in [-0.3, -0.25) is 4.79 Å². The third-order valence-electron chi connectivity index (χ3n) is 4.52. The lowest BCUT2D eigenvalue weighted by atomic mass is 10.1. The van der Waals surface area contributed by atoms with Crippen LogP contribution in [0.1, 0.15) is 27.6 Å². The number of aromatic nitrogens is 2. The lowest BCUT2D eigenvalue weighted by molar-refractivity contribution is -0.138. The highest BCUT2D eigenvalue weighted by Crippen LogP contribution is 2.33. The second-order valence-electron chi connectivity index (χ2n) is 6.76. The van der Waals surface area contributed by atoms with Crippen LogP contribution in [0.4, 0.5) is 13.2 Å². The fourth-order valence-corrected chi connectivity index (χ4v) is 4.09. The van der Waals surface area contributed by atoms with Crippen LogP contribution >= 0.6 is 11.3 Å². The van der Waals surface area contributed by atoms with E-state index in [4.69, 9.17) is 9.52 Å². The third kappa shape index (κ3) is 4.20. The van der Waals surface area contributed by atoms with E-state index in [9.17, 15) is 18.0 Å². The number of carboxylic acid groups (broad SMARTS) is 1. The molecule has 154 valence electrons. The number of rotatable bonds is 5. The Kier molecular flexibility index (Phi) is 5.07. The summed E-state index contributed by atoms with van der Waals surface area (Å²) in [5.41, 5.74) is 2.43. The van der Waals surface area contributed by atoms with Gasteiger partial charge in [-0.25, -0.2) is 9.97 Å². The Morgan fingerprint density at radius 2 is 1.87 bits per heavy atom. The van der Waals surface area contributed by atoms with Gasteiger partial charge in [0.15, 0.2) is 5.58 Å². The van der Waals surface area contributed by atoms with Gasteiger partial charge in [0.05, 0.1) is 24.1 Å². The van der Waals surface area contributed by atoms with Crippen LogP contribution in [0.25, 0.3) is 21.7 Å². The molecule has 0 aliphatic carbocycles. The van der Waals surface area contributed by atoms with Crippen molar-refractivity contribution in [2.24, 2.45) is 0 Å². The van der Waals surface area contributed by atoms with Crippen LogP contribution in [0.3, 0.4) is 0 Å². The molecule has 0 radical (unpaired) electrons. The number of hydrogen-bond acceptors (Lipinski definition) is 5. The van der Waals surface area contributed by atoms with E-state index in [-0.39, 0.29) is 6.42 Å². The summed E-state index contributed by atoms with van der Waals surface area (Å²) in [4.78, 5) is 20.7. The Morgan fingerprint density at radius 3 is 2.53 bits per heavy atom. The minimum atomic E-state index is -4.38. The van der Waals surface area contributed by atoms with E-state index >= 15 is 0 Å². The van der Waals surface area contributed by atoms with Crippen LogP contribution in [0.15, 0.2) is 46.9 Å².